The van der Waals surface area contributed by atoms with Crippen LogP contribution in [-0.2, 0) is 26.1 Å². The molecule has 0 bridgehead atoms. The molecule has 0 saturated carbocycles. The summed E-state index contributed by atoms with van der Waals surface area (Å²) in [5, 5.41) is 2.71. The minimum atomic E-state index is -4.13. The number of nitrogens with one attached hydrogen (secondary N) is 2. The van der Waals surface area contributed by atoms with E-state index in [-0.39, 0.29) is 17.1 Å². The van der Waals surface area contributed by atoms with E-state index in [4.69, 9.17) is 4.74 Å². The van der Waals surface area contributed by atoms with Crippen LogP contribution in [0.15, 0.2) is 23.1 Å². The Balaban J connectivity index is 2.30. The predicted octanol–water partition coefficient (Wildman–Crippen LogP) is 2.84. The number of benzene rings is 1. The lowest BCUT2D eigenvalue weighted by Crippen LogP contribution is -2.34. The zero-order valence-electron chi connectivity index (χ0n) is 18.3. The first kappa shape index (κ1) is 23.6. The third kappa shape index (κ3) is 4.91. The number of esters is 1. The molecule has 1 heterocycles. The smallest absolute Gasteiger partial charge is 0.341 e. The van der Waals surface area contributed by atoms with Crippen molar-refractivity contribution in [3.05, 3.63) is 46.3 Å². The zero-order valence-corrected chi connectivity index (χ0v) is 19.1. The number of carbonyl (C=O) groups is 2. The first-order valence-corrected chi connectivity index (χ1v) is 11.2. The molecule has 0 aliphatic carbocycles. The van der Waals surface area contributed by atoms with Crippen LogP contribution in [0.5, 0.6) is 0 Å². The average molecular weight is 436 g/mol. The first-order chi connectivity index (χ1) is 14.0. The Kier molecular flexibility index (Phi) is 7.44. The van der Waals surface area contributed by atoms with Gasteiger partial charge in [-0.05, 0) is 58.7 Å². The molecule has 0 radical (unpaired) electrons. The van der Waals surface area contributed by atoms with Crippen molar-refractivity contribution in [3.63, 3.8) is 0 Å². The van der Waals surface area contributed by atoms with Gasteiger partial charge in [-0.25, -0.2) is 17.9 Å². The monoisotopic (exact) mass is 435 g/mol. The molecule has 1 aromatic carbocycles. The number of amides is 1. The molecule has 9 heteroatoms. The Hall–Kier alpha value is -2.65. The number of ether oxygens (including phenoxy) is 1. The van der Waals surface area contributed by atoms with Gasteiger partial charge in [0.1, 0.15) is 10.5 Å². The third-order valence-corrected chi connectivity index (χ3v) is 6.44. The minimum absolute atomic E-state index is 0.00126. The van der Waals surface area contributed by atoms with Crippen molar-refractivity contribution in [1.29, 1.82) is 0 Å². The molecule has 1 aromatic heterocycles. The lowest BCUT2D eigenvalue weighted by Gasteiger charge is -2.11. The maximum Gasteiger partial charge on any atom is 0.341 e. The van der Waals surface area contributed by atoms with Gasteiger partial charge in [-0.3, -0.25) is 4.79 Å². The number of anilines is 1. The second-order valence-electron chi connectivity index (χ2n) is 7.03. The standard InChI is InChI=1S/C21H29N3O5S/c1-7-24-15(5)19(21(26)29-8-2)20(16(24)6)30(27,28)22-12-18(25)23-17-11-13(3)9-10-14(17)4/h9-11,22H,7-8,12H2,1-6H3,(H,23,25). The van der Waals surface area contributed by atoms with Crippen LogP contribution < -0.4 is 10.0 Å². The quantitative estimate of drug-likeness (QED) is 0.620. The van der Waals surface area contributed by atoms with Gasteiger partial charge in [0.25, 0.3) is 0 Å². The molecule has 164 valence electrons. The largest absolute Gasteiger partial charge is 0.462 e. The van der Waals surface area contributed by atoms with E-state index in [0.717, 1.165) is 11.1 Å². The van der Waals surface area contributed by atoms with E-state index in [1.54, 1.807) is 25.3 Å². The van der Waals surface area contributed by atoms with Crippen molar-refractivity contribution in [2.45, 2.75) is 53.0 Å². The Labute approximate surface area is 177 Å². The number of rotatable bonds is 8. The number of aromatic nitrogens is 1. The van der Waals surface area contributed by atoms with Crippen LogP contribution in [0.3, 0.4) is 0 Å². The second kappa shape index (κ2) is 9.44. The Morgan fingerprint density at radius 2 is 1.73 bits per heavy atom. The molecule has 1 amide bonds. The zero-order chi connectivity index (χ0) is 22.6. The van der Waals surface area contributed by atoms with Gasteiger partial charge in [0.2, 0.25) is 15.9 Å². The van der Waals surface area contributed by atoms with E-state index in [2.05, 4.69) is 10.0 Å². The Morgan fingerprint density at radius 3 is 2.33 bits per heavy atom. The van der Waals surface area contributed by atoms with Crippen molar-refractivity contribution in [3.8, 4) is 0 Å². The summed E-state index contributed by atoms with van der Waals surface area (Å²) < 4.78 is 35.2. The number of nitrogens with zero attached hydrogens (tertiary/aromatic N) is 1. The van der Waals surface area contributed by atoms with Crippen LogP contribution >= 0.6 is 0 Å². The molecule has 0 fully saturated rings. The van der Waals surface area contributed by atoms with E-state index in [0.29, 0.717) is 23.6 Å². The third-order valence-electron chi connectivity index (χ3n) is 4.88. The van der Waals surface area contributed by atoms with Gasteiger partial charge in [0.15, 0.2) is 0 Å². The van der Waals surface area contributed by atoms with E-state index >= 15 is 0 Å². The molecule has 0 aliphatic rings. The molecule has 0 spiro atoms. The molecule has 8 nitrogen and oxygen atoms in total. The highest BCUT2D eigenvalue weighted by Gasteiger charge is 2.32. The summed E-state index contributed by atoms with van der Waals surface area (Å²) in [5.74, 6) is -1.21. The topological polar surface area (TPSA) is 106 Å². The second-order valence-corrected chi connectivity index (χ2v) is 8.73. The van der Waals surface area contributed by atoms with Crippen LogP contribution in [0.4, 0.5) is 5.69 Å². The van der Waals surface area contributed by atoms with Crippen molar-refractivity contribution in [2.75, 3.05) is 18.5 Å². The Morgan fingerprint density at radius 1 is 1.07 bits per heavy atom. The summed E-state index contributed by atoms with van der Waals surface area (Å²) in [6, 6.07) is 5.61. The van der Waals surface area contributed by atoms with Crippen molar-refractivity contribution >= 4 is 27.6 Å². The summed E-state index contributed by atoms with van der Waals surface area (Å²) in [6.45, 7) is 10.7. The van der Waals surface area contributed by atoms with E-state index in [9.17, 15) is 18.0 Å². The van der Waals surface area contributed by atoms with Crippen molar-refractivity contribution in [2.24, 2.45) is 0 Å². The molecular formula is C21H29N3O5S. The minimum Gasteiger partial charge on any atom is -0.462 e. The van der Waals surface area contributed by atoms with Gasteiger partial charge in [0.05, 0.1) is 13.2 Å². The van der Waals surface area contributed by atoms with Gasteiger partial charge in [-0.2, -0.15) is 0 Å². The maximum atomic E-state index is 13.0. The number of hydrogen-bond acceptors (Lipinski definition) is 5. The fourth-order valence-electron chi connectivity index (χ4n) is 3.40. The SMILES string of the molecule is CCOC(=O)c1c(S(=O)(=O)NCC(=O)Nc2cc(C)ccc2C)c(C)n(CC)c1C. The van der Waals surface area contributed by atoms with Crippen LogP contribution in [0.25, 0.3) is 0 Å². The molecule has 0 aliphatic heterocycles. The number of sulfonamides is 1. The van der Waals surface area contributed by atoms with Gasteiger partial charge in [-0.1, -0.05) is 12.1 Å². The number of carbonyl (C=O) groups excluding carboxylic acids is 2. The summed E-state index contributed by atoms with van der Waals surface area (Å²) >= 11 is 0. The molecule has 2 N–H and O–H groups in total. The molecule has 0 saturated heterocycles. The molecule has 2 rings (SSSR count). The van der Waals surface area contributed by atoms with Crippen LogP contribution in [0.1, 0.15) is 46.7 Å². The van der Waals surface area contributed by atoms with Gasteiger partial charge >= 0.3 is 5.97 Å². The molecule has 0 unspecified atom stereocenters. The average Bonchev–Trinajstić information content (AvgIpc) is 2.94. The van der Waals surface area contributed by atoms with Crippen molar-refractivity contribution in [1.82, 2.24) is 9.29 Å². The maximum absolute atomic E-state index is 13.0. The fraction of sp³-hybridized carbons (Fsp3) is 0.429. The highest BCUT2D eigenvalue weighted by molar-refractivity contribution is 7.89. The van der Waals surface area contributed by atoms with Gasteiger partial charge < -0.3 is 14.6 Å². The summed E-state index contributed by atoms with van der Waals surface area (Å²) in [6.07, 6.45) is 0. The number of hydrogen-bond donors (Lipinski definition) is 2. The van der Waals surface area contributed by atoms with E-state index < -0.39 is 28.4 Å². The van der Waals surface area contributed by atoms with Crippen molar-refractivity contribution < 1.29 is 22.7 Å². The summed E-state index contributed by atoms with van der Waals surface area (Å²) in [5.41, 5.74) is 3.39. The lowest BCUT2D eigenvalue weighted by molar-refractivity contribution is -0.115. The summed E-state index contributed by atoms with van der Waals surface area (Å²) in [4.78, 5) is 24.7. The predicted molar refractivity (Wildman–Crippen MR) is 115 cm³/mol. The van der Waals surface area contributed by atoms with Crippen LogP contribution in [0.2, 0.25) is 0 Å². The van der Waals surface area contributed by atoms with Gasteiger partial charge in [0, 0.05) is 23.6 Å². The first-order valence-electron chi connectivity index (χ1n) is 9.77. The van der Waals surface area contributed by atoms with E-state index in [1.165, 1.54) is 0 Å². The highest BCUT2D eigenvalue weighted by Crippen LogP contribution is 2.27. The number of aryl methyl sites for hydroxylation is 2. The molecule has 0 atom stereocenters. The van der Waals surface area contributed by atoms with Crippen LogP contribution in [0, 0.1) is 27.7 Å². The Bertz CT molecular complexity index is 1070. The fourth-order valence-corrected chi connectivity index (χ4v) is 4.86. The van der Waals surface area contributed by atoms with Crippen LogP contribution in [-0.4, -0.2) is 38.0 Å². The van der Waals surface area contributed by atoms with E-state index in [1.807, 2.05) is 39.0 Å². The highest BCUT2D eigenvalue weighted by atomic mass is 32.2. The normalized spacial score (nSPS) is 11.4. The molecule has 2 aromatic rings. The lowest BCUT2D eigenvalue weighted by atomic mass is 10.1. The summed E-state index contributed by atoms with van der Waals surface area (Å²) in [7, 11) is -4.13. The molecule has 30 heavy (non-hydrogen) atoms. The molecular weight excluding hydrogens is 406 g/mol. The van der Waals surface area contributed by atoms with Gasteiger partial charge in [-0.15, -0.1) is 0 Å².